The lowest BCUT2D eigenvalue weighted by Gasteiger charge is -2.29. The molecular formula is C11H15N5O2. The van der Waals surface area contributed by atoms with E-state index in [4.69, 9.17) is 15.7 Å². The van der Waals surface area contributed by atoms with Gasteiger partial charge in [-0.15, -0.1) is 0 Å². The summed E-state index contributed by atoms with van der Waals surface area (Å²) in [6.45, 7) is 3.56. The summed E-state index contributed by atoms with van der Waals surface area (Å²) in [7, 11) is 0. The van der Waals surface area contributed by atoms with E-state index in [2.05, 4.69) is 5.10 Å². The van der Waals surface area contributed by atoms with Crippen molar-refractivity contribution < 1.29 is 9.53 Å². The van der Waals surface area contributed by atoms with Crippen LogP contribution in [0.25, 0.3) is 0 Å². The van der Waals surface area contributed by atoms with Gasteiger partial charge in [0.05, 0.1) is 31.1 Å². The number of rotatable bonds is 2. The average Bonchev–Trinajstić information content (AvgIpc) is 2.79. The van der Waals surface area contributed by atoms with Crippen LogP contribution in [0.3, 0.4) is 0 Å². The normalized spacial score (nSPS) is 19.6. The van der Waals surface area contributed by atoms with Gasteiger partial charge in [-0.05, 0) is 6.92 Å². The van der Waals surface area contributed by atoms with E-state index in [1.807, 2.05) is 13.0 Å². The summed E-state index contributed by atoms with van der Waals surface area (Å²) in [5.41, 5.74) is 6.51. The fourth-order valence-electron chi connectivity index (χ4n) is 1.94. The summed E-state index contributed by atoms with van der Waals surface area (Å²) < 4.78 is 6.77. The van der Waals surface area contributed by atoms with Gasteiger partial charge in [-0.25, -0.2) is 0 Å². The van der Waals surface area contributed by atoms with Crippen LogP contribution in [0.2, 0.25) is 0 Å². The van der Waals surface area contributed by atoms with Crippen molar-refractivity contribution in [2.24, 2.45) is 0 Å². The zero-order chi connectivity index (χ0) is 13.1. The SMILES string of the molecule is CCn1ncc(N)c1C(=O)N1CCOC(C#N)C1. The first kappa shape index (κ1) is 12.4. The summed E-state index contributed by atoms with van der Waals surface area (Å²) in [5, 5.41) is 12.9. The highest BCUT2D eigenvalue weighted by atomic mass is 16.5. The minimum atomic E-state index is -0.568. The Morgan fingerprint density at radius 1 is 1.78 bits per heavy atom. The third-order valence-electron chi connectivity index (χ3n) is 2.87. The van der Waals surface area contributed by atoms with Crippen molar-refractivity contribution >= 4 is 11.6 Å². The molecule has 0 aromatic carbocycles. The van der Waals surface area contributed by atoms with E-state index in [1.54, 1.807) is 9.58 Å². The van der Waals surface area contributed by atoms with E-state index in [9.17, 15) is 4.79 Å². The summed E-state index contributed by atoms with van der Waals surface area (Å²) in [6.07, 6.45) is 0.904. The number of hydrogen-bond donors (Lipinski definition) is 1. The van der Waals surface area contributed by atoms with Gasteiger partial charge in [-0.1, -0.05) is 0 Å². The first-order chi connectivity index (χ1) is 8.67. The molecule has 1 aliphatic rings. The second-order valence-corrected chi connectivity index (χ2v) is 4.00. The number of nitrogens with two attached hydrogens (primary N) is 1. The van der Waals surface area contributed by atoms with Crippen LogP contribution in [0.15, 0.2) is 6.20 Å². The lowest BCUT2D eigenvalue weighted by Crippen LogP contribution is -2.45. The summed E-state index contributed by atoms with van der Waals surface area (Å²) in [6, 6.07) is 2.01. The van der Waals surface area contributed by atoms with Gasteiger partial charge < -0.3 is 15.4 Å². The second-order valence-electron chi connectivity index (χ2n) is 4.00. The van der Waals surface area contributed by atoms with E-state index in [-0.39, 0.29) is 12.5 Å². The molecule has 7 nitrogen and oxygen atoms in total. The molecule has 2 N–H and O–H groups in total. The summed E-state index contributed by atoms with van der Waals surface area (Å²) in [4.78, 5) is 13.9. The Hall–Kier alpha value is -2.07. The number of amides is 1. The number of morpholine rings is 1. The van der Waals surface area contributed by atoms with Crippen LogP contribution in [0.4, 0.5) is 5.69 Å². The maximum Gasteiger partial charge on any atom is 0.274 e. The fraction of sp³-hybridized carbons (Fsp3) is 0.545. The molecule has 0 aliphatic carbocycles. The van der Waals surface area contributed by atoms with E-state index in [0.717, 1.165) is 0 Å². The Bertz CT molecular complexity index is 490. The first-order valence-electron chi connectivity index (χ1n) is 5.79. The minimum Gasteiger partial charge on any atom is -0.396 e. The second kappa shape index (κ2) is 5.06. The van der Waals surface area contributed by atoms with Crippen LogP contribution in [0, 0.1) is 11.3 Å². The molecule has 0 radical (unpaired) electrons. The number of nitriles is 1. The summed E-state index contributed by atoms with van der Waals surface area (Å²) >= 11 is 0. The standard InChI is InChI=1S/C11H15N5O2/c1-2-16-10(9(13)6-14-16)11(17)15-3-4-18-8(5-12)7-15/h6,8H,2-4,7,13H2,1H3. The molecule has 1 unspecified atom stereocenters. The van der Waals surface area contributed by atoms with Crippen LogP contribution < -0.4 is 5.73 Å². The van der Waals surface area contributed by atoms with E-state index >= 15 is 0 Å². The molecule has 1 aliphatic heterocycles. The Balaban J connectivity index is 2.20. The van der Waals surface area contributed by atoms with Crippen LogP contribution in [0.1, 0.15) is 17.4 Å². The Morgan fingerprint density at radius 3 is 3.22 bits per heavy atom. The molecule has 1 saturated heterocycles. The number of aromatic nitrogens is 2. The number of carbonyl (C=O) groups is 1. The van der Waals surface area contributed by atoms with E-state index in [1.165, 1.54) is 6.20 Å². The van der Waals surface area contributed by atoms with E-state index in [0.29, 0.717) is 31.1 Å². The number of hydrogen-bond acceptors (Lipinski definition) is 5. The smallest absolute Gasteiger partial charge is 0.274 e. The number of nitrogens with zero attached hydrogens (tertiary/aromatic N) is 4. The van der Waals surface area contributed by atoms with Gasteiger partial charge in [0.2, 0.25) is 0 Å². The topological polar surface area (TPSA) is 97.2 Å². The lowest BCUT2D eigenvalue weighted by molar-refractivity contribution is 0.00297. The van der Waals surface area contributed by atoms with Crippen LogP contribution in [0.5, 0.6) is 0 Å². The molecule has 0 bridgehead atoms. The third-order valence-corrected chi connectivity index (χ3v) is 2.87. The molecule has 96 valence electrons. The van der Waals surface area contributed by atoms with Crippen molar-refractivity contribution in [3.8, 4) is 6.07 Å². The van der Waals surface area contributed by atoms with Crippen LogP contribution in [-0.2, 0) is 11.3 Å². The van der Waals surface area contributed by atoms with Crippen molar-refractivity contribution in [1.29, 1.82) is 5.26 Å². The number of ether oxygens (including phenoxy) is 1. The number of carbonyl (C=O) groups excluding carboxylic acids is 1. The Labute approximate surface area is 105 Å². The van der Waals surface area contributed by atoms with Crippen molar-refractivity contribution in [2.45, 2.75) is 19.6 Å². The zero-order valence-electron chi connectivity index (χ0n) is 10.2. The predicted molar refractivity (Wildman–Crippen MR) is 63.6 cm³/mol. The molecule has 18 heavy (non-hydrogen) atoms. The van der Waals surface area contributed by atoms with Gasteiger partial charge in [0.1, 0.15) is 5.69 Å². The zero-order valence-corrected chi connectivity index (χ0v) is 10.2. The van der Waals surface area contributed by atoms with Gasteiger partial charge in [-0.2, -0.15) is 10.4 Å². The monoisotopic (exact) mass is 249 g/mol. The maximum absolute atomic E-state index is 12.3. The van der Waals surface area contributed by atoms with Gasteiger partial charge in [0.25, 0.3) is 5.91 Å². The summed E-state index contributed by atoms with van der Waals surface area (Å²) in [5.74, 6) is -0.199. The first-order valence-corrected chi connectivity index (χ1v) is 5.79. The number of anilines is 1. The van der Waals surface area contributed by atoms with Gasteiger partial charge in [0, 0.05) is 13.1 Å². The van der Waals surface area contributed by atoms with Crippen LogP contribution >= 0.6 is 0 Å². The quantitative estimate of drug-likeness (QED) is 0.786. The molecule has 1 aromatic rings. The van der Waals surface area contributed by atoms with Crippen molar-refractivity contribution in [3.63, 3.8) is 0 Å². The van der Waals surface area contributed by atoms with Crippen molar-refractivity contribution in [3.05, 3.63) is 11.9 Å². The highest BCUT2D eigenvalue weighted by Crippen LogP contribution is 2.16. The van der Waals surface area contributed by atoms with Crippen LogP contribution in [-0.4, -0.2) is 46.4 Å². The lowest BCUT2D eigenvalue weighted by atomic mass is 10.2. The average molecular weight is 249 g/mol. The molecule has 1 atom stereocenters. The third kappa shape index (κ3) is 2.15. The van der Waals surface area contributed by atoms with Crippen molar-refractivity contribution in [1.82, 2.24) is 14.7 Å². The van der Waals surface area contributed by atoms with Crippen molar-refractivity contribution in [2.75, 3.05) is 25.4 Å². The fourth-order valence-corrected chi connectivity index (χ4v) is 1.94. The van der Waals surface area contributed by atoms with Gasteiger partial charge in [-0.3, -0.25) is 9.48 Å². The number of aryl methyl sites for hydroxylation is 1. The molecule has 1 aromatic heterocycles. The molecule has 2 rings (SSSR count). The van der Waals surface area contributed by atoms with E-state index < -0.39 is 6.10 Å². The molecular weight excluding hydrogens is 234 g/mol. The molecule has 1 fully saturated rings. The molecule has 2 heterocycles. The Morgan fingerprint density at radius 2 is 2.56 bits per heavy atom. The largest absolute Gasteiger partial charge is 0.396 e. The minimum absolute atomic E-state index is 0.199. The molecule has 0 saturated carbocycles. The maximum atomic E-state index is 12.3. The predicted octanol–water partition coefficient (Wildman–Crippen LogP) is -0.150. The molecule has 7 heteroatoms. The number of nitrogen functional groups attached to an aromatic ring is 1. The van der Waals surface area contributed by atoms with Gasteiger partial charge >= 0.3 is 0 Å². The van der Waals surface area contributed by atoms with Gasteiger partial charge in [0.15, 0.2) is 6.10 Å². The molecule has 1 amide bonds. The highest BCUT2D eigenvalue weighted by molar-refractivity contribution is 5.97. The Kier molecular flexibility index (Phi) is 3.48. The highest BCUT2D eigenvalue weighted by Gasteiger charge is 2.28. The molecule has 0 spiro atoms.